The van der Waals surface area contributed by atoms with Crippen LogP contribution in [0.4, 0.5) is 0 Å². The number of aromatic nitrogens is 1. The van der Waals surface area contributed by atoms with Gasteiger partial charge in [-0.05, 0) is 30.0 Å². The summed E-state index contributed by atoms with van der Waals surface area (Å²) < 4.78 is 0. The third-order valence-electron chi connectivity index (χ3n) is 3.10. The Labute approximate surface area is 103 Å². The molecular formula is C13H20N4. The fourth-order valence-electron chi connectivity index (χ4n) is 2.23. The maximum Gasteiger partial charge on any atom is 0.191 e. The zero-order valence-electron chi connectivity index (χ0n) is 10.7. The van der Waals surface area contributed by atoms with Crippen molar-refractivity contribution in [3.8, 4) is 0 Å². The van der Waals surface area contributed by atoms with Gasteiger partial charge in [-0.2, -0.15) is 0 Å². The van der Waals surface area contributed by atoms with Gasteiger partial charge in [0.2, 0.25) is 0 Å². The third-order valence-corrected chi connectivity index (χ3v) is 3.10. The normalized spacial score (nSPS) is 19.9. The summed E-state index contributed by atoms with van der Waals surface area (Å²) in [7, 11) is 0. The van der Waals surface area contributed by atoms with Gasteiger partial charge in [0.25, 0.3) is 0 Å². The van der Waals surface area contributed by atoms with Crippen LogP contribution < -0.4 is 5.73 Å². The molecule has 0 aliphatic carbocycles. The lowest BCUT2D eigenvalue weighted by molar-refractivity contribution is 0.308. The average molecular weight is 232 g/mol. The molecular weight excluding hydrogens is 212 g/mol. The molecule has 0 radical (unpaired) electrons. The van der Waals surface area contributed by atoms with Crippen molar-refractivity contribution in [1.82, 2.24) is 9.88 Å². The molecule has 0 amide bonds. The molecule has 1 aliphatic heterocycles. The monoisotopic (exact) mass is 232 g/mol. The largest absolute Gasteiger partial charge is 0.370 e. The van der Waals surface area contributed by atoms with Gasteiger partial charge in [-0.1, -0.05) is 13.8 Å². The van der Waals surface area contributed by atoms with E-state index in [2.05, 4.69) is 35.6 Å². The predicted molar refractivity (Wildman–Crippen MR) is 69.7 cm³/mol. The Kier molecular flexibility index (Phi) is 3.31. The van der Waals surface area contributed by atoms with E-state index >= 15 is 0 Å². The molecule has 2 heterocycles. The van der Waals surface area contributed by atoms with Crippen LogP contribution in [0.1, 0.15) is 31.0 Å². The van der Waals surface area contributed by atoms with Gasteiger partial charge >= 0.3 is 0 Å². The molecule has 1 aromatic rings. The van der Waals surface area contributed by atoms with Crippen LogP contribution in [0.5, 0.6) is 0 Å². The smallest absolute Gasteiger partial charge is 0.191 e. The number of pyridine rings is 1. The highest BCUT2D eigenvalue weighted by atomic mass is 15.3. The Bertz CT molecular complexity index is 425. The summed E-state index contributed by atoms with van der Waals surface area (Å²) in [5.41, 5.74) is 8.45. The van der Waals surface area contributed by atoms with E-state index in [0.717, 1.165) is 13.1 Å². The molecule has 1 unspecified atom stereocenters. The average Bonchev–Trinajstić information content (AvgIpc) is 2.61. The predicted octanol–water partition coefficient (Wildman–Crippen LogP) is 1.72. The second-order valence-corrected chi connectivity index (χ2v) is 4.99. The minimum Gasteiger partial charge on any atom is -0.370 e. The zero-order valence-corrected chi connectivity index (χ0v) is 10.7. The Morgan fingerprint density at radius 3 is 2.94 bits per heavy atom. The van der Waals surface area contributed by atoms with Gasteiger partial charge in [0.15, 0.2) is 5.96 Å². The van der Waals surface area contributed by atoms with Gasteiger partial charge in [-0.25, -0.2) is 0 Å². The lowest BCUT2D eigenvalue weighted by atomic mass is 10.0. The lowest BCUT2D eigenvalue weighted by Crippen LogP contribution is -2.38. The molecule has 0 fully saturated rings. The number of nitrogens with zero attached hydrogens (tertiary/aromatic N) is 3. The van der Waals surface area contributed by atoms with Crippen LogP contribution in [0.2, 0.25) is 0 Å². The van der Waals surface area contributed by atoms with Crippen LogP contribution in [0.3, 0.4) is 0 Å². The molecule has 2 N–H and O–H groups in total. The van der Waals surface area contributed by atoms with Gasteiger partial charge in [0, 0.05) is 18.9 Å². The Hall–Kier alpha value is -1.58. The van der Waals surface area contributed by atoms with Crippen LogP contribution in [0.15, 0.2) is 23.5 Å². The Balaban J connectivity index is 2.25. The van der Waals surface area contributed by atoms with Crippen LogP contribution in [-0.4, -0.2) is 28.9 Å². The molecule has 0 bridgehead atoms. The van der Waals surface area contributed by atoms with E-state index in [4.69, 9.17) is 5.73 Å². The van der Waals surface area contributed by atoms with Crippen LogP contribution in [0.25, 0.3) is 0 Å². The molecule has 0 aromatic carbocycles. The molecule has 17 heavy (non-hydrogen) atoms. The van der Waals surface area contributed by atoms with E-state index in [0.29, 0.717) is 11.9 Å². The van der Waals surface area contributed by atoms with Crippen molar-refractivity contribution in [3.63, 3.8) is 0 Å². The number of rotatable bonds is 3. The highest BCUT2D eigenvalue weighted by Gasteiger charge is 2.28. The van der Waals surface area contributed by atoms with Gasteiger partial charge in [-0.3, -0.25) is 9.98 Å². The molecule has 0 saturated heterocycles. The number of aliphatic imine (C=N–C) groups is 1. The number of nitrogens with two attached hydrogens (primary N) is 1. The molecule has 0 saturated carbocycles. The summed E-state index contributed by atoms with van der Waals surface area (Å²) in [4.78, 5) is 10.8. The summed E-state index contributed by atoms with van der Waals surface area (Å²) in [6.45, 7) is 8.18. The van der Waals surface area contributed by atoms with E-state index in [1.165, 1.54) is 11.1 Å². The van der Waals surface area contributed by atoms with Crippen LogP contribution in [0, 0.1) is 12.8 Å². The quantitative estimate of drug-likeness (QED) is 0.863. The Morgan fingerprint density at radius 1 is 1.53 bits per heavy atom. The number of hydrogen-bond donors (Lipinski definition) is 1. The van der Waals surface area contributed by atoms with Crippen molar-refractivity contribution in [2.75, 3.05) is 13.1 Å². The van der Waals surface area contributed by atoms with Crippen molar-refractivity contribution in [3.05, 3.63) is 29.6 Å². The molecule has 1 aliphatic rings. The summed E-state index contributed by atoms with van der Waals surface area (Å²) in [6, 6.07) is 2.29. The van der Waals surface area contributed by atoms with Gasteiger partial charge in [-0.15, -0.1) is 0 Å². The topological polar surface area (TPSA) is 54.5 Å². The van der Waals surface area contributed by atoms with E-state index in [-0.39, 0.29) is 6.04 Å². The maximum atomic E-state index is 5.96. The van der Waals surface area contributed by atoms with E-state index in [9.17, 15) is 0 Å². The first-order chi connectivity index (χ1) is 8.09. The van der Waals surface area contributed by atoms with Gasteiger partial charge < -0.3 is 10.6 Å². The fourth-order valence-corrected chi connectivity index (χ4v) is 2.23. The van der Waals surface area contributed by atoms with Crippen LogP contribution >= 0.6 is 0 Å². The van der Waals surface area contributed by atoms with Crippen molar-refractivity contribution < 1.29 is 0 Å². The van der Waals surface area contributed by atoms with Gasteiger partial charge in [0.05, 0.1) is 12.6 Å². The van der Waals surface area contributed by atoms with Crippen molar-refractivity contribution in [2.24, 2.45) is 16.6 Å². The highest BCUT2D eigenvalue weighted by Crippen LogP contribution is 2.27. The molecule has 0 spiro atoms. The van der Waals surface area contributed by atoms with E-state index in [1.807, 2.05) is 18.5 Å². The minimum absolute atomic E-state index is 0.256. The second-order valence-electron chi connectivity index (χ2n) is 4.99. The number of aryl methyl sites for hydroxylation is 1. The first-order valence-corrected chi connectivity index (χ1v) is 6.06. The zero-order chi connectivity index (χ0) is 12.4. The molecule has 2 rings (SSSR count). The maximum absolute atomic E-state index is 5.96. The van der Waals surface area contributed by atoms with E-state index in [1.54, 1.807) is 0 Å². The molecule has 4 nitrogen and oxygen atoms in total. The standard InChI is InChI=1S/C13H20N4/c1-9(2)8-17-12(7-16-13(17)14)11-6-15-5-4-10(11)3/h4-6,9,12H,7-8H2,1-3H3,(H2,14,16). The third kappa shape index (κ3) is 2.40. The van der Waals surface area contributed by atoms with Crippen molar-refractivity contribution >= 4 is 5.96 Å². The first kappa shape index (κ1) is 11.9. The van der Waals surface area contributed by atoms with Crippen LogP contribution in [-0.2, 0) is 0 Å². The van der Waals surface area contributed by atoms with E-state index < -0.39 is 0 Å². The summed E-state index contributed by atoms with van der Waals surface area (Å²) in [5.74, 6) is 1.23. The first-order valence-electron chi connectivity index (χ1n) is 6.06. The SMILES string of the molecule is Cc1ccncc1C1CN=C(N)N1CC(C)C. The second kappa shape index (κ2) is 4.73. The molecule has 1 aromatic heterocycles. The van der Waals surface area contributed by atoms with Crippen molar-refractivity contribution in [1.29, 1.82) is 0 Å². The fraction of sp³-hybridized carbons (Fsp3) is 0.538. The van der Waals surface area contributed by atoms with Gasteiger partial charge in [0.1, 0.15) is 0 Å². The van der Waals surface area contributed by atoms with Crippen molar-refractivity contribution in [2.45, 2.75) is 26.8 Å². The molecule has 1 atom stereocenters. The molecule has 92 valence electrons. The summed E-state index contributed by atoms with van der Waals surface area (Å²) >= 11 is 0. The number of guanidine groups is 1. The number of hydrogen-bond acceptors (Lipinski definition) is 4. The lowest BCUT2D eigenvalue weighted by Gasteiger charge is -2.28. The summed E-state index contributed by atoms with van der Waals surface area (Å²) in [5, 5.41) is 0. The molecule has 4 heteroatoms. The Morgan fingerprint density at radius 2 is 2.29 bits per heavy atom. The highest BCUT2D eigenvalue weighted by molar-refractivity contribution is 5.80. The summed E-state index contributed by atoms with van der Waals surface area (Å²) in [6.07, 6.45) is 3.76. The minimum atomic E-state index is 0.256.